The maximum atomic E-state index is 12.3. The standard InChI is InChI=1S/C13H22N4O2S/c1-10(17(2)11-5-6-11)9-16-20(18,19)13-4-3-7-15-12(13)8-14/h3-4,7,10-11,16H,5-6,8-9,14H2,1-2H3. The molecule has 0 aromatic carbocycles. The van der Waals surface area contributed by atoms with Crippen LogP contribution in [-0.2, 0) is 16.6 Å². The van der Waals surface area contributed by atoms with Gasteiger partial charge in [0.05, 0.1) is 5.69 Å². The zero-order chi connectivity index (χ0) is 14.8. The normalized spacial score (nSPS) is 17.4. The van der Waals surface area contributed by atoms with Crippen LogP contribution in [0.25, 0.3) is 0 Å². The Hall–Kier alpha value is -1.02. The Morgan fingerprint density at radius 3 is 2.85 bits per heavy atom. The third kappa shape index (κ3) is 3.54. The number of nitrogens with one attached hydrogen (secondary N) is 1. The Balaban J connectivity index is 2.03. The summed E-state index contributed by atoms with van der Waals surface area (Å²) < 4.78 is 27.2. The van der Waals surface area contributed by atoms with E-state index < -0.39 is 10.0 Å². The second-order valence-corrected chi connectivity index (χ2v) is 6.99. The van der Waals surface area contributed by atoms with E-state index in [0.29, 0.717) is 18.3 Å². The first-order valence-corrected chi connectivity index (χ1v) is 8.29. The summed E-state index contributed by atoms with van der Waals surface area (Å²) in [5.74, 6) is 0. The lowest BCUT2D eigenvalue weighted by Gasteiger charge is -2.24. The Bertz CT molecular complexity index is 557. The highest BCUT2D eigenvalue weighted by Gasteiger charge is 2.29. The van der Waals surface area contributed by atoms with Crippen LogP contribution in [-0.4, -0.2) is 44.0 Å². The molecule has 1 saturated carbocycles. The monoisotopic (exact) mass is 298 g/mol. The summed E-state index contributed by atoms with van der Waals surface area (Å²) in [6, 6.07) is 3.91. The second kappa shape index (κ2) is 6.17. The average molecular weight is 298 g/mol. The van der Waals surface area contributed by atoms with Crippen molar-refractivity contribution in [2.75, 3.05) is 13.6 Å². The average Bonchev–Trinajstić information content (AvgIpc) is 3.28. The first-order chi connectivity index (χ1) is 9.45. The first-order valence-electron chi connectivity index (χ1n) is 6.81. The minimum absolute atomic E-state index is 0.106. The fourth-order valence-electron chi connectivity index (χ4n) is 2.11. The van der Waals surface area contributed by atoms with E-state index in [1.807, 2.05) is 14.0 Å². The minimum Gasteiger partial charge on any atom is -0.325 e. The van der Waals surface area contributed by atoms with Gasteiger partial charge in [-0.3, -0.25) is 9.88 Å². The summed E-state index contributed by atoms with van der Waals surface area (Å²) in [7, 11) is -1.52. The molecule has 2 rings (SSSR count). The Labute approximate surface area is 120 Å². The zero-order valence-electron chi connectivity index (χ0n) is 11.9. The summed E-state index contributed by atoms with van der Waals surface area (Å²) in [5, 5.41) is 0. The molecular formula is C13H22N4O2S. The number of likely N-dealkylation sites (N-methyl/N-ethyl adjacent to an activating group) is 1. The predicted molar refractivity (Wildman–Crippen MR) is 77.6 cm³/mol. The van der Waals surface area contributed by atoms with Gasteiger partial charge in [-0.2, -0.15) is 0 Å². The molecule has 1 unspecified atom stereocenters. The Morgan fingerprint density at radius 2 is 2.25 bits per heavy atom. The molecule has 112 valence electrons. The number of hydrogen-bond donors (Lipinski definition) is 2. The molecule has 1 aliphatic rings. The van der Waals surface area contributed by atoms with Crippen molar-refractivity contribution in [3.8, 4) is 0 Å². The van der Waals surface area contributed by atoms with E-state index in [1.165, 1.54) is 18.9 Å². The van der Waals surface area contributed by atoms with E-state index in [0.717, 1.165) is 0 Å². The molecule has 0 aliphatic heterocycles. The Morgan fingerprint density at radius 1 is 1.55 bits per heavy atom. The van der Waals surface area contributed by atoms with Crippen LogP contribution in [0.2, 0.25) is 0 Å². The van der Waals surface area contributed by atoms with E-state index in [-0.39, 0.29) is 17.5 Å². The molecule has 3 N–H and O–H groups in total. The molecule has 0 radical (unpaired) electrons. The summed E-state index contributed by atoms with van der Waals surface area (Å²) in [6.07, 6.45) is 3.95. The molecule has 1 fully saturated rings. The van der Waals surface area contributed by atoms with Gasteiger partial charge in [-0.15, -0.1) is 0 Å². The highest BCUT2D eigenvalue weighted by molar-refractivity contribution is 7.89. The van der Waals surface area contributed by atoms with E-state index in [4.69, 9.17) is 5.73 Å². The maximum absolute atomic E-state index is 12.3. The van der Waals surface area contributed by atoms with Crippen LogP contribution < -0.4 is 10.5 Å². The maximum Gasteiger partial charge on any atom is 0.242 e. The SMILES string of the molecule is CC(CNS(=O)(=O)c1cccnc1CN)N(C)C1CC1. The van der Waals surface area contributed by atoms with Gasteiger partial charge in [0, 0.05) is 31.4 Å². The van der Waals surface area contributed by atoms with Gasteiger partial charge in [-0.25, -0.2) is 13.1 Å². The van der Waals surface area contributed by atoms with Gasteiger partial charge in [-0.05, 0) is 38.9 Å². The van der Waals surface area contributed by atoms with Crippen molar-refractivity contribution in [1.29, 1.82) is 0 Å². The molecule has 0 amide bonds. The molecule has 1 aromatic heterocycles. The van der Waals surface area contributed by atoms with Crippen LogP contribution in [0.1, 0.15) is 25.5 Å². The van der Waals surface area contributed by atoms with Crippen molar-refractivity contribution >= 4 is 10.0 Å². The lowest BCUT2D eigenvalue weighted by Crippen LogP contribution is -2.41. The van der Waals surface area contributed by atoms with Gasteiger partial charge in [0.25, 0.3) is 0 Å². The molecule has 0 saturated heterocycles. The number of sulfonamides is 1. The summed E-state index contributed by atoms with van der Waals surface area (Å²) in [6.45, 7) is 2.51. The van der Waals surface area contributed by atoms with Crippen LogP contribution >= 0.6 is 0 Å². The van der Waals surface area contributed by atoms with Crippen molar-refractivity contribution in [2.45, 2.75) is 43.3 Å². The number of aromatic nitrogens is 1. The fourth-order valence-corrected chi connectivity index (χ4v) is 3.44. The van der Waals surface area contributed by atoms with Crippen molar-refractivity contribution in [2.24, 2.45) is 5.73 Å². The lowest BCUT2D eigenvalue weighted by molar-refractivity contribution is 0.248. The quantitative estimate of drug-likeness (QED) is 0.756. The number of pyridine rings is 1. The van der Waals surface area contributed by atoms with Crippen LogP contribution in [0.15, 0.2) is 23.2 Å². The first kappa shape index (κ1) is 15.4. The van der Waals surface area contributed by atoms with Gasteiger partial charge in [-0.1, -0.05) is 0 Å². The molecule has 6 nitrogen and oxygen atoms in total. The molecule has 1 heterocycles. The zero-order valence-corrected chi connectivity index (χ0v) is 12.7. The molecule has 20 heavy (non-hydrogen) atoms. The lowest BCUT2D eigenvalue weighted by atomic mass is 10.3. The fraction of sp³-hybridized carbons (Fsp3) is 0.615. The van der Waals surface area contributed by atoms with Gasteiger partial charge >= 0.3 is 0 Å². The molecule has 0 spiro atoms. The van der Waals surface area contributed by atoms with Crippen LogP contribution in [0.5, 0.6) is 0 Å². The summed E-state index contributed by atoms with van der Waals surface area (Å²) in [5.41, 5.74) is 5.93. The van der Waals surface area contributed by atoms with Crippen molar-refractivity contribution in [3.05, 3.63) is 24.0 Å². The van der Waals surface area contributed by atoms with Crippen molar-refractivity contribution in [1.82, 2.24) is 14.6 Å². The van der Waals surface area contributed by atoms with Gasteiger partial charge in [0.1, 0.15) is 4.90 Å². The topological polar surface area (TPSA) is 88.3 Å². The molecule has 1 aliphatic carbocycles. The molecule has 7 heteroatoms. The number of nitrogens with zero attached hydrogens (tertiary/aromatic N) is 2. The van der Waals surface area contributed by atoms with Crippen LogP contribution in [0, 0.1) is 0 Å². The van der Waals surface area contributed by atoms with E-state index >= 15 is 0 Å². The van der Waals surface area contributed by atoms with Gasteiger partial charge < -0.3 is 5.73 Å². The van der Waals surface area contributed by atoms with E-state index in [1.54, 1.807) is 12.3 Å². The largest absolute Gasteiger partial charge is 0.325 e. The molecule has 1 atom stereocenters. The number of rotatable bonds is 7. The van der Waals surface area contributed by atoms with Gasteiger partial charge in [0.15, 0.2) is 0 Å². The Kier molecular flexibility index (Phi) is 4.74. The minimum atomic E-state index is -3.56. The van der Waals surface area contributed by atoms with E-state index in [9.17, 15) is 8.42 Å². The highest BCUT2D eigenvalue weighted by Crippen LogP contribution is 2.26. The second-order valence-electron chi connectivity index (χ2n) is 5.25. The third-order valence-electron chi connectivity index (χ3n) is 3.72. The highest BCUT2D eigenvalue weighted by atomic mass is 32.2. The number of nitrogens with two attached hydrogens (primary N) is 1. The molecule has 0 bridgehead atoms. The summed E-state index contributed by atoms with van der Waals surface area (Å²) in [4.78, 5) is 6.40. The molecular weight excluding hydrogens is 276 g/mol. The van der Waals surface area contributed by atoms with E-state index in [2.05, 4.69) is 14.6 Å². The third-order valence-corrected chi connectivity index (χ3v) is 5.22. The smallest absolute Gasteiger partial charge is 0.242 e. The van der Waals surface area contributed by atoms with Crippen LogP contribution in [0.4, 0.5) is 0 Å². The van der Waals surface area contributed by atoms with Gasteiger partial charge in [0.2, 0.25) is 10.0 Å². The summed E-state index contributed by atoms with van der Waals surface area (Å²) >= 11 is 0. The van der Waals surface area contributed by atoms with Crippen molar-refractivity contribution < 1.29 is 8.42 Å². The molecule has 1 aromatic rings. The van der Waals surface area contributed by atoms with Crippen molar-refractivity contribution in [3.63, 3.8) is 0 Å². The predicted octanol–water partition coefficient (Wildman–Crippen LogP) is 0.301. The van der Waals surface area contributed by atoms with Crippen LogP contribution in [0.3, 0.4) is 0 Å². The number of hydrogen-bond acceptors (Lipinski definition) is 5.